The highest BCUT2D eigenvalue weighted by molar-refractivity contribution is 7.99. The highest BCUT2D eigenvalue weighted by Gasteiger charge is 2.12. The number of benzene rings is 2. The van der Waals surface area contributed by atoms with Gasteiger partial charge in [-0.1, -0.05) is 12.1 Å². The summed E-state index contributed by atoms with van der Waals surface area (Å²) in [5.41, 5.74) is 3.45. The number of rotatable bonds is 4. The monoisotopic (exact) mass is 412 g/mol. The zero-order valence-corrected chi connectivity index (χ0v) is 17.6. The molecule has 154 valence electrons. The van der Waals surface area contributed by atoms with E-state index in [1.807, 2.05) is 30.0 Å². The van der Waals surface area contributed by atoms with Crippen LogP contribution in [0.3, 0.4) is 0 Å². The molecule has 2 aromatic carbocycles. The molecule has 2 N–H and O–H groups in total. The number of hydrogen-bond donors (Lipinski definition) is 2. The lowest BCUT2D eigenvalue weighted by atomic mass is 10.2. The molecule has 7 heteroatoms. The Hall–Kier alpha value is -2.54. The Morgan fingerprint density at radius 2 is 1.79 bits per heavy atom. The van der Waals surface area contributed by atoms with E-state index in [-0.39, 0.29) is 0 Å². The van der Waals surface area contributed by atoms with Gasteiger partial charge in [-0.25, -0.2) is 0 Å². The standard InChI is InChI=1S/C22H28N4O2S/c1-23-22(25-18-5-8-20-21(15-18)28-12-2-11-27-20)24-16-17-3-6-19(7-4-17)26-9-13-29-14-10-26/h3-8,15H,2,9-14,16H2,1H3,(H2,23,24,25). The molecule has 0 spiro atoms. The topological polar surface area (TPSA) is 58.1 Å². The molecule has 2 aromatic rings. The lowest BCUT2D eigenvalue weighted by molar-refractivity contribution is 0.297. The third-order valence-corrected chi connectivity index (χ3v) is 5.95. The minimum Gasteiger partial charge on any atom is -0.490 e. The first-order valence-electron chi connectivity index (χ1n) is 10.1. The fourth-order valence-corrected chi connectivity index (χ4v) is 4.29. The number of thioether (sulfide) groups is 1. The Labute approximate surface area is 176 Å². The van der Waals surface area contributed by atoms with Crippen molar-refractivity contribution in [3.05, 3.63) is 48.0 Å². The SMILES string of the molecule is CN=C(NCc1ccc(N2CCSCC2)cc1)Nc1ccc2c(c1)OCCCO2. The largest absolute Gasteiger partial charge is 0.490 e. The zero-order chi connectivity index (χ0) is 19.9. The molecule has 2 aliphatic rings. The second kappa shape index (κ2) is 9.78. The number of nitrogens with zero attached hydrogens (tertiary/aromatic N) is 2. The van der Waals surface area contributed by atoms with Crippen molar-refractivity contribution < 1.29 is 9.47 Å². The lowest BCUT2D eigenvalue weighted by Gasteiger charge is -2.28. The molecule has 0 atom stereocenters. The van der Waals surface area contributed by atoms with Gasteiger partial charge in [-0.15, -0.1) is 0 Å². The van der Waals surface area contributed by atoms with Crippen LogP contribution in [0.5, 0.6) is 11.5 Å². The molecular formula is C22H28N4O2S. The van der Waals surface area contributed by atoms with E-state index in [9.17, 15) is 0 Å². The van der Waals surface area contributed by atoms with Crippen LogP contribution in [-0.2, 0) is 6.54 Å². The number of nitrogens with one attached hydrogen (secondary N) is 2. The van der Waals surface area contributed by atoms with Crippen LogP contribution in [0.2, 0.25) is 0 Å². The van der Waals surface area contributed by atoms with Crippen LogP contribution in [-0.4, -0.2) is 50.8 Å². The first kappa shape index (κ1) is 19.8. The second-order valence-corrected chi connectivity index (χ2v) is 8.25. The van der Waals surface area contributed by atoms with E-state index in [0.717, 1.165) is 42.7 Å². The molecule has 2 heterocycles. The smallest absolute Gasteiger partial charge is 0.195 e. The number of ether oxygens (including phenoxy) is 2. The summed E-state index contributed by atoms with van der Waals surface area (Å²) >= 11 is 2.03. The van der Waals surface area contributed by atoms with Crippen molar-refractivity contribution in [2.75, 3.05) is 55.1 Å². The van der Waals surface area contributed by atoms with Crippen molar-refractivity contribution in [3.63, 3.8) is 0 Å². The molecule has 0 radical (unpaired) electrons. The van der Waals surface area contributed by atoms with E-state index in [2.05, 4.69) is 44.8 Å². The first-order chi connectivity index (χ1) is 14.3. The average molecular weight is 413 g/mol. The van der Waals surface area contributed by atoms with Crippen LogP contribution in [0.15, 0.2) is 47.5 Å². The summed E-state index contributed by atoms with van der Waals surface area (Å²) < 4.78 is 11.5. The molecule has 6 nitrogen and oxygen atoms in total. The van der Waals surface area contributed by atoms with Gasteiger partial charge in [-0.05, 0) is 29.8 Å². The molecule has 0 amide bonds. The number of fused-ring (bicyclic) bond motifs is 1. The summed E-state index contributed by atoms with van der Waals surface area (Å²) in [6.45, 7) is 4.34. The summed E-state index contributed by atoms with van der Waals surface area (Å²) in [6, 6.07) is 14.7. The first-order valence-corrected chi connectivity index (χ1v) is 11.3. The van der Waals surface area contributed by atoms with Crippen molar-refractivity contribution in [1.29, 1.82) is 0 Å². The maximum absolute atomic E-state index is 5.76. The van der Waals surface area contributed by atoms with Gasteiger partial charge in [0.1, 0.15) is 0 Å². The second-order valence-electron chi connectivity index (χ2n) is 7.03. The predicted octanol–water partition coefficient (Wildman–Crippen LogP) is 3.59. The van der Waals surface area contributed by atoms with Crippen LogP contribution in [0.25, 0.3) is 0 Å². The van der Waals surface area contributed by atoms with Crippen molar-refractivity contribution in [2.45, 2.75) is 13.0 Å². The summed E-state index contributed by atoms with van der Waals surface area (Å²) in [5, 5.41) is 6.70. The van der Waals surface area contributed by atoms with Crippen LogP contribution < -0.4 is 25.0 Å². The molecule has 0 aromatic heterocycles. The molecule has 0 saturated carbocycles. The third kappa shape index (κ3) is 5.29. The molecular weight excluding hydrogens is 384 g/mol. The molecule has 0 aliphatic carbocycles. The van der Waals surface area contributed by atoms with Crippen molar-refractivity contribution in [1.82, 2.24) is 5.32 Å². The normalized spacial score (nSPS) is 16.9. The predicted molar refractivity (Wildman–Crippen MR) is 122 cm³/mol. The van der Waals surface area contributed by atoms with Crippen LogP contribution >= 0.6 is 11.8 Å². The number of guanidine groups is 1. The van der Waals surface area contributed by atoms with Gasteiger partial charge in [0.15, 0.2) is 17.5 Å². The molecule has 0 bridgehead atoms. The van der Waals surface area contributed by atoms with Crippen molar-refractivity contribution >= 4 is 29.1 Å². The van der Waals surface area contributed by atoms with Crippen LogP contribution in [0.1, 0.15) is 12.0 Å². The van der Waals surface area contributed by atoms with E-state index in [1.165, 1.54) is 22.8 Å². The molecule has 1 saturated heterocycles. The van der Waals surface area contributed by atoms with Crippen LogP contribution in [0, 0.1) is 0 Å². The highest BCUT2D eigenvalue weighted by atomic mass is 32.2. The highest BCUT2D eigenvalue weighted by Crippen LogP contribution is 2.32. The maximum Gasteiger partial charge on any atom is 0.195 e. The van der Waals surface area contributed by atoms with E-state index in [0.29, 0.717) is 19.8 Å². The van der Waals surface area contributed by atoms with Gasteiger partial charge in [0, 0.05) is 62.0 Å². The Kier molecular flexibility index (Phi) is 6.67. The summed E-state index contributed by atoms with van der Waals surface area (Å²) in [6.07, 6.45) is 0.899. The lowest BCUT2D eigenvalue weighted by Crippen LogP contribution is -2.32. The van der Waals surface area contributed by atoms with Gasteiger partial charge in [-0.2, -0.15) is 11.8 Å². The van der Waals surface area contributed by atoms with E-state index < -0.39 is 0 Å². The Morgan fingerprint density at radius 1 is 1.03 bits per heavy atom. The molecule has 4 rings (SSSR count). The number of hydrogen-bond acceptors (Lipinski definition) is 5. The Balaban J connectivity index is 1.33. The van der Waals surface area contributed by atoms with Gasteiger partial charge in [0.05, 0.1) is 13.2 Å². The Morgan fingerprint density at radius 3 is 2.55 bits per heavy atom. The van der Waals surface area contributed by atoms with E-state index in [1.54, 1.807) is 7.05 Å². The number of anilines is 2. The summed E-state index contributed by atoms with van der Waals surface area (Å²) in [7, 11) is 1.77. The molecule has 2 aliphatic heterocycles. The quantitative estimate of drug-likeness (QED) is 0.591. The fraction of sp³-hybridized carbons (Fsp3) is 0.409. The minimum absolute atomic E-state index is 0.676. The zero-order valence-electron chi connectivity index (χ0n) is 16.8. The van der Waals surface area contributed by atoms with Crippen molar-refractivity contribution in [2.24, 2.45) is 4.99 Å². The van der Waals surface area contributed by atoms with Gasteiger partial charge >= 0.3 is 0 Å². The van der Waals surface area contributed by atoms with Gasteiger partial charge in [0.25, 0.3) is 0 Å². The minimum atomic E-state index is 0.676. The molecule has 0 unspecified atom stereocenters. The van der Waals surface area contributed by atoms with E-state index >= 15 is 0 Å². The third-order valence-electron chi connectivity index (χ3n) is 5.01. The van der Waals surface area contributed by atoms with Crippen LogP contribution in [0.4, 0.5) is 11.4 Å². The van der Waals surface area contributed by atoms with Gasteiger partial charge < -0.3 is 25.0 Å². The van der Waals surface area contributed by atoms with Gasteiger partial charge in [-0.3, -0.25) is 4.99 Å². The average Bonchev–Trinajstić information content (AvgIpc) is 3.02. The van der Waals surface area contributed by atoms with Crippen molar-refractivity contribution in [3.8, 4) is 11.5 Å². The summed E-state index contributed by atoms with van der Waals surface area (Å²) in [5.74, 6) is 4.71. The number of aliphatic imine (C=N–C) groups is 1. The molecule has 29 heavy (non-hydrogen) atoms. The van der Waals surface area contributed by atoms with E-state index in [4.69, 9.17) is 9.47 Å². The fourth-order valence-electron chi connectivity index (χ4n) is 3.39. The van der Waals surface area contributed by atoms with Gasteiger partial charge in [0.2, 0.25) is 0 Å². The summed E-state index contributed by atoms with van der Waals surface area (Å²) in [4.78, 5) is 6.79. The molecule has 1 fully saturated rings. The Bertz CT molecular complexity index is 835. The maximum atomic E-state index is 5.76.